The number of hydrogen-bond acceptors (Lipinski definition) is 6. The van der Waals surface area contributed by atoms with E-state index in [0.717, 1.165) is 47.8 Å². The van der Waals surface area contributed by atoms with E-state index in [-0.39, 0.29) is 5.54 Å². The molecule has 0 N–H and O–H groups in total. The molecular weight excluding hydrogens is 454 g/mol. The first kappa shape index (κ1) is 24.2. The molecule has 5 rings (SSSR count). The number of fused-ring (bicyclic) bond motifs is 1. The van der Waals surface area contributed by atoms with Gasteiger partial charge >= 0.3 is 0 Å². The summed E-state index contributed by atoms with van der Waals surface area (Å²) in [4.78, 5) is 11.8. The van der Waals surface area contributed by atoms with Gasteiger partial charge < -0.3 is 14.2 Å². The fourth-order valence-corrected chi connectivity index (χ4v) is 6.26. The Morgan fingerprint density at radius 2 is 1.97 bits per heavy atom. The van der Waals surface area contributed by atoms with E-state index in [9.17, 15) is 5.26 Å². The smallest absolute Gasteiger partial charge is 0.145 e. The largest absolute Gasteiger partial charge is 0.361 e. The van der Waals surface area contributed by atoms with Crippen LogP contribution in [-0.4, -0.2) is 63.0 Å². The first-order valence-electron chi connectivity index (χ1n) is 12.9. The third kappa shape index (κ3) is 5.06. The molecule has 1 aliphatic heterocycles. The maximum Gasteiger partial charge on any atom is 0.145 e. The lowest BCUT2D eigenvalue weighted by atomic mass is 9.69. The van der Waals surface area contributed by atoms with Gasteiger partial charge in [-0.25, -0.2) is 9.97 Å². The van der Waals surface area contributed by atoms with Crippen molar-refractivity contribution in [3.63, 3.8) is 0 Å². The summed E-state index contributed by atoms with van der Waals surface area (Å²) in [5.41, 5.74) is 2.50. The van der Waals surface area contributed by atoms with Crippen LogP contribution in [0.3, 0.4) is 0 Å². The van der Waals surface area contributed by atoms with Crippen LogP contribution in [0.1, 0.15) is 38.5 Å². The number of piperidine rings is 1. The lowest BCUT2D eigenvalue weighted by Crippen LogP contribution is -2.57. The van der Waals surface area contributed by atoms with Gasteiger partial charge in [-0.3, -0.25) is 4.68 Å². The van der Waals surface area contributed by atoms with Crippen LogP contribution in [0, 0.1) is 11.3 Å². The molecule has 35 heavy (non-hydrogen) atoms. The quantitative estimate of drug-likeness (QED) is 0.314. The molecule has 0 radical (unpaired) electrons. The Balaban J connectivity index is 1.32. The third-order valence-electron chi connectivity index (χ3n) is 7.67. The van der Waals surface area contributed by atoms with E-state index in [0.29, 0.717) is 19.2 Å². The normalized spacial score (nSPS) is 23.3. The molecule has 3 aromatic heterocycles. The zero-order valence-corrected chi connectivity index (χ0v) is 22.3. The van der Waals surface area contributed by atoms with Crippen molar-refractivity contribution in [1.82, 2.24) is 29.2 Å². The average Bonchev–Trinajstić information content (AvgIpc) is 3.47. The molecule has 1 saturated heterocycles. The van der Waals surface area contributed by atoms with Crippen molar-refractivity contribution in [2.45, 2.75) is 82.5 Å². The highest BCUT2D eigenvalue weighted by molar-refractivity contribution is 6.76. The number of nitrogens with zero attached hydrogens (tertiary/aromatic N) is 7. The van der Waals surface area contributed by atoms with E-state index < -0.39 is 8.07 Å². The zero-order chi connectivity index (χ0) is 24.5. The minimum atomic E-state index is -1.11. The van der Waals surface area contributed by atoms with Gasteiger partial charge in [0, 0.05) is 44.1 Å². The van der Waals surface area contributed by atoms with Crippen molar-refractivity contribution in [2.75, 3.05) is 19.7 Å². The molecule has 0 amide bonds. The van der Waals surface area contributed by atoms with Crippen molar-refractivity contribution in [1.29, 1.82) is 5.26 Å². The molecule has 0 spiro atoms. The molecule has 1 saturated carbocycles. The van der Waals surface area contributed by atoms with E-state index in [4.69, 9.17) is 9.84 Å². The SMILES string of the molecule is C[Si](C)(C)CCOCn1ccc2c(-c3cnn(C4(CC#N)CC(N5CCCCC5)C4)c3)ncnc21. The molecule has 2 fully saturated rings. The maximum absolute atomic E-state index is 9.59. The number of likely N-dealkylation sites (tertiary alicyclic amines) is 1. The van der Waals surface area contributed by atoms with Crippen LogP contribution in [0.4, 0.5) is 0 Å². The third-order valence-corrected chi connectivity index (χ3v) is 9.38. The second-order valence-corrected chi connectivity index (χ2v) is 17.1. The molecule has 4 heterocycles. The number of hydrogen-bond donors (Lipinski definition) is 0. The zero-order valence-electron chi connectivity index (χ0n) is 21.3. The lowest BCUT2D eigenvalue weighted by molar-refractivity contribution is -0.00426. The van der Waals surface area contributed by atoms with E-state index in [1.807, 2.05) is 21.6 Å². The summed E-state index contributed by atoms with van der Waals surface area (Å²) >= 11 is 0. The van der Waals surface area contributed by atoms with Crippen molar-refractivity contribution < 1.29 is 4.74 Å². The molecule has 2 aliphatic rings. The van der Waals surface area contributed by atoms with E-state index in [1.54, 1.807) is 6.33 Å². The Labute approximate surface area is 208 Å². The minimum Gasteiger partial charge on any atom is -0.361 e. The van der Waals surface area contributed by atoms with Gasteiger partial charge in [0.25, 0.3) is 0 Å². The molecule has 8 nitrogen and oxygen atoms in total. The second kappa shape index (κ2) is 9.84. The predicted octanol–water partition coefficient (Wildman–Crippen LogP) is 4.86. The summed E-state index contributed by atoms with van der Waals surface area (Å²) in [5, 5.41) is 15.3. The highest BCUT2D eigenvalue weighted by Gasteiger charge is 2.48. The Morgan fingerprint density at radius 3 is 2.71 bits per heavy atom. The maximum atomic E-state index is 9.59. The summed E-state index contributed by atoms with van der Waals surface area (Å²) in [5.74, 6) is 0. The highest BCUT2D eigenvalue weighted by Crippen LogP contribution is 2.45. The van der Waals surface area contributed by atoms with Gasteiger partial charge in [-0.05, 0) is 50.9 Å². The van der Waals surface area contributed by atoms with Crippen molar-refractivity contribution in [2.24, 2.45) is 0 Å². The summed E-state index contributed by atoms with van der Waals surface area (Å²) in [6.07, 6.45) is 14.0. The number of aromatic nitrogens is 5. The van der Waals surface area contributed by atoms with Crippen LogP contribution >= 0.6 is 0 Å². The Morgan fingerprint density at radius 1 is 1.17 bits per heavy atom. The first-order chi connectivity index (χ1) is 16.9. The first-order valence-corrected chi connectivity index (χ1v) is 16.6. The second-order valence-electron chi connectivity index (χ2n) is 11.5. The monoisotopic (exact) mass is 491 g/mol. The molecule has 3 aromatic rings. The van der Waals surface area contributed by atoms with Crippen LogP contribution in [0.2, 0.25) is 25.7 Å². The summed E-state index contributed by atoms with van der Waals surface area (Å²) in [6.45, 7) is 10.7. The number of rotatable bonds is 9. The summed E-state index contributed by atoms with van der Waals surface area (Å²) in [7, 11) is -1.11. The van der Waals surface area contributed by atoms with Crippen LogP contribution in [0.15, 0.2) is 31.0 Å². The van der Waals surface area contributed by atoms with Crippen molar-refractivity contribution in [3.8, 4) is 17.3 Å². The molecule has 9 heteroatoms. The van der Waals surface area contributed by atoms with Gasteiger partial charge in [0.05, 0.1) is 29.9 Å². The fourth-order valence-electron chi connectivity index (χ4n) is 5.50. The molecule has 186 valence electrons. The summed E-state index contributed by atoms with van der Waals surface area (Å²) in [6, 6.07) is 6.20. The molecule has 0 unspecified atom stereocenters. The standard InChI is InChI=1S/C26H37N7OSi/c1-35(2,3)14-13-34-20-32-12-7-23-24(28-19-29-25(23)32)21-17-30-33(18-21)26(8-9-27)15-22(16-26)31-10-5-4-6-11-31/h7,12,17-19,22H,4-6,8,10-11,13-16,20H2,1-3H3. The van der Waals surface area contributed by atoms with Crippen LogP contribution < -0.4 is 0 Å². The predicted molar refractivity (Wildman–Crippen MR) is 140 cm³/mol. The van der Waals surface area contributed by atoms with Gasteiger partial charge in [-0.2, -0.15) is 10.4 Å². The fraction of sp³-hybridized carbons (Fsp3) is 0.615. The molecule has 0 aromatic carbocycles. The molecule has 0 bridgehead atoms. The van der Waals surface area contributed by atoms with E-state index in [1.165, 1.54) is 32.4 Å². The van der Waals surface area contributed by atoms with Gasteiger partial charge in [0.1, 0.15) is 18.7 Å². The number of nitriles is 1. The average molecular weight is 492 g/mol. The number of ether oxygens (including phenoxy) is 1. The van der Waals surface area contributed by atoms with Crippen LogP contribution in [-0.2, 0) is 17.0 Å². The lowest BCUT2D eigenvalue weighted by Gasteiger charge is -2.51. The van der Waals surface area contributed by atoms with Crippen molar-refractivity contribution in [3.05, 3.63) is 31.0 Å². The van der Waals surface area contributed by atoms with Gasteiger partial charge in [-0.1, -0.05) is 26.1 Å². The van der Waals surface area contributed by atoms with Crippen molar-refractivity contribution >= 4 is 19.1 Å². The van der Waals surface area contributed by atoms with E-state index in [2.05, 4.69) is 52.8 Å². The molecule has 1 aliphatic carbocycles. The molecule has 0 atom stereocenters. The Kier molecular flexibility index (Phi) is 6.79. The van der Waals surface area contributed by atoms with Gasteiger partial charge in [0.15, 0.2) is 0 Å². The van der Waals surface area contributed by atoms with Gasteiger partial charge in [-0.15, -0.1) is 0 Å². The Hall–Kier alpha value is -2.54. The van der Waals surface area contributed by atoms with E-state index >= 15 is 0 Å². The topological polar surface area (TPSA) is 84.8 Å². The van der Waals surface area contributed by atoms with Crippen LogP contribution in [0.25, 0.3) is 22.3 Å². The minimum absolute atomic E-state index is 0.211. The van der Waals surface area contributed by atoms with Crippen LogP contribution in [0.5, 0.6) is 0 Å². The highest BCUT2D eigenvalue weighted by atomic mass is 28.3. The Bertz CT molecular complexity index is 1190. The molecular formula is C26H37N7OSi. The summed E-state index contributed by atoms with van der Waals surface area (Å²) < 4.78 is 10.0. The van der Waals surface area contributed by atoms with Gasteiger partial charge in [0.2, 0.25) is 0 Å².